The lowest BCUT2D eigenvalue weighted by atomic mass is 9.95. The van der Waals surface area contributed by atoms with Crippen LogP contribution >= 0.6 is 0 Å². The molecule has 0 saturated heterocycles. The number of ether oxygens (including phenoxy) is 1. The normalized spacial score (nSPS) is 14.5. The van der Waals surface area contributed by atoms with Crippen LogP contribution in [-0.2, 0) is 16.1 Å². The summed E-state index contributed by atoms with van der Waals surface area (Å²) in [5.41, 5.74) is 2.35. The molecule has 1 aliphatic rings. The van der Waals surface area contributed by atoms with Crippen LogP contribution in [0.4, 0.5) is 5.69 Å². The minimum absolute atomic E-state index is 0.0449. The van der Waals surface area contributed by atoms with Crippen molar-refractivity contribution < 1.29 is 18.7 Å². The molecular weight excluding hydrogens is 508 g/mol. The molecule has 2 aromatic heterocycles. The van der Waals surface area contributed by atoms with Gasteiger partial charge in [0.25, 0.3) is 11.8 Å². The zero-order valence-electron chi connectivity index (χ0n) is 23.0. The zero-order valence-corrected chi connectivity index (χ0v) is 23.0. The highest BCUT2D eigenvalue weighted by molar-refractivity contribution is 6.02. The first kappa shape index (κ1) is 27.1. The zero-order chi connectivity index (χ0) is 28.1. The molecule has 1 saturated carbocycles. The summed E-state index contributed by atoms with van der Waals surface area (Å²) in [6.45, 7) is 3.56. The number of hydrogen-bond acceptors (Lipinski definition) is 7. The number of nitrogens with one attached hydrogen (secondary N) is 1. The summed E-state index contributed by atoms with van der Waals surface area (Å²) in [7, 11) is 1.53. The fourth-order valence-corrected chi connectivity index (χ4v) is 5.07. The fraction of sp³-hybridized carbons (Fsp3) is 0.367. The van der Waals surface area contributed by atoms with E-state index < -0.39 is 11.9 Å². The van der Waals surface area contributed by atoms with E-state index in [4.69, 9.17) is 9.15 Å². The van der Waals surface area contributed by atoms with Gasteiger partial charge in [0.1, 0.15) is 23.8 Å². The third kappa shape index (κ3) is 6.06. The average molecular weight is 543 g/mol. The van der Waals surface area contributed by atoms with Crippen molar-refractivity contribution in [1.29, 1.82) is 0 Å². The molecular formula is C30H34N6O4. The third-order valence-corrected chi connectivity index (χ3v) is 7.14. The predicted molar refractivity (Wildman–Crippen MR) is 150 cm³/mol. The number of nitrogens with zero attached hydrogens (tertiary/aromatic N) is 5. The average Bonchev–Trinajstić information content (AvgIpc) is 3.61. The van der Waals surface area contributed by atoms with Gasteiger partial charge in [0, 0.05) is 11.6 Å². The molecule has 1 aliphatic carbocycles. The molecule has 0 unspecified atom stereocenters. The first-order valence-electron chi connectivity index (χ1n) is 13.6. The van der Waals surface area contributed by atoms with E-state index in [0.717, 1.165) is 43.2 Å². The Bertz CT molecular complexity index is 1450. The lowest BCUT2D eigenvalue weighted by molar-refractivity contribution is -0.128. The maximum atomic E-state index is 14.1. The Morgan fingerprint density at radius 2 is 1.80 bits per heavy atom. The van der Waals surface area contributed by atoms with Crippen LogP contribution < -0.4 is 15.0 Å². The molecule has 2 heterocycles. The van der Waals surface area contributed by atoms with E-state index in [9.17, 15) is 9.59 Å². The van der Waals surface area contributed by atoms with Crippen molar-refractivity contribution in [3.63, 3.8) is 0 Å². The van der Waals surface area contributed by atoms with Crippen LogP contribution in [-0.4, -0.2) is 45.2 Å². The second-order valence-electron chi connectivity index (χ2n) is 10.1. The number of rotatable bonds is 9. The monoisotopic (exact) mass is 542 g/mol. The van der Waals surface area contributed by atoms with E-state index in [1.54, 1.807) is 37.3 Å². The van der Waals surface area contributed by atoms with Gasteiger partial charge in [-0.1, -0.05) is 61.2 Å². The standard InChI is InChI=1S/C30H34N6O4/c1-20-13-16-22(17-14-20)29-32-34-35(33-29)19-27(37)36(24-11-7-8-12-25(24)39-3)28(26-18-15-21(2)40-26)30(38)31-23-9-5-4-6-10-23/h7-8,11-18,23,28H,4-6,9-10,19H2,1-3H3,(H,31,38)/t28-/m0/s1. The number of methoxy groups -OCH3 is 1. The SMILES string of the molecule is COc1ccccc1N(C(=O)Cn1nnc(-c2ccc(C)cc2)n1)[C@H](C(=O)NC1CCCCC1)c1ccc(C)o1. The molecule has 5 rings (SSSR count). The van der Waals surface area contributed by atoms with Gasteiger partial charge in [-0.3, -0.25) is 14.5 Å². The van der Waals surface area contributed by atoms with E-state index >= 15 is 0 Å². The largest absolute Gasteiger partial charge is 0.495 e. The molecule has 1 N–H and O–H groups in total. The minimum Gasteiger partial charge on any atom is -0.495 e. The molecule has 1 fully saturated rings. The molecule has 0 spiro atoms. The Hall–Kier alpha value is -4.47. The molecule has 2 aromatic carbocycles. The van der Waals surface area contributed by atoms with Crippen molar-refractivity contribution in [3.8, 4) is 17.1 Å². The topological polar surface area (TPSA) is 115 Å². The maximum Gasteiger partial charge on any atom is 0.251 e. The van der Waals surface area contributed by atoms with Crippen molar-refractivity contribution >= 4 is 17.5 Å². The Kier molecular flexibility index (Phi) is 8.23. The molecule has 0 aliphatic heterocycles. The minimum atomic E-state index is -1.07. The van der Waals surface area contributed by atoms with E-state index in [2.05, 4.69) is 20.7 Å². The van der Waals surface area contributed by atoms with Gasteiger partial charge in [0.15, 0.2) is 6.04 Å². The molecule has 10 nitrogen and oxygen atoms in total. The van der Waals surface area contributed by atoms with Gasteiger partial charge >= 0.3 is 0 Å². The van der Waals surface area contributed by atoms with Crippen molar-refractivity contribution in [1.82, 2.24) is 25.5 Å². The van der Waals surface area contributed by atoms with Gasteiger partial charge in [-0.15, -0.1) is 10.2 Å². The molecule has 10 heteroatoms. The second-order valence-corrected chi connectivity index (χ2v) is 10.1. The number of anilines is 1. The Morgan fingerprint density at radius 3 is 2.50 bits per heavy atom. The van der Waals surface area contributed by atoms with E-state index in [1.165, 1.54) is 16.8 Å². The summed E-state index contributed by atoms with van der Waals surface area (Å²) in [5, 5.41) is 15.9. The van der Waals surface area contributed by atoms with Crippen molar-refractivity contribution in [2.24, 2.45) is 0 Å². The smallest absolute Gasteiger partial charge is 0.251 e. The number of aromatic nitrogens is 4. The first-order chi connectivity index (χ1) is 19.4. The van der Waals surface area contributed by atoms with E-state index in [0.29, 0.717) is 28.8 Å². The maximum absolute atomic E-state index is 14.1. The second kappa shape index (κ2) is 12.1. The van der Waals surface area contributed by atoms with Crippen LogP contribution in [0.3, 0.4) is 0 Å². The van der Waals surface area contributed by atoms with Crippen LogP contribution in [0.25, 0.3) is 11.4 Å². The van der Waals surface area contributed by atoms with Gasteiger partial charge in [0.05, 0.1) is 12.8 Å². The molecule has 1 atom stereocenters. The molecule has 2 amide bonds. The number of furan rings is 1. The van der Waals surface area contributed by atoms with Crippen LogP contribution in [0.1, 0.15) is 55.2 Å². The van der Waals surface area contributed by atoms with Crippen molar-refractivity contribution in [2.75, 3.05) is 12.0 Å². The lowest BCUT2D eigenvalue weighted by Crippen LogP contribution is -2.48. The Morgan fingerprint density at radius 1 is 1.05 bits per heavy atom. The number of carbonyl (C=O) groups is 2. The van der Waals surface area contributed by atoms with Crippen molar-refractivity contribution in [2.45, 2.75) is 64.6 Å². The summed E-state index contributed by atoms with van der Waals surface area (Å²) in [6, 6.07) is 17.3. The fourth-order valence-electron chi connectivity index (χ4n) is 5.07. The van der Waals surface area contributed by atoms with Gasteiger partial charge in [-0.25, -0.2) is 0 Å². The molecule has 4 aromatic rings. The molecule has 0 radical (unpaired) electrons. The summed E-state index contributed by atoms with van der Waals surface area (Å²) < 4.78 is 11.6. The van der Waals surface area contributed by atoms with Gasteiger partial charge in [-0.2, -0.15) is 4.80 Å². The number of amides is 2. The van der Waals surface area contributed by atoms with Crippen molar-refractivity contribution in [3.05, 3.63) is 77.7 Å². The van der Waals surface area contributed by atoms with Gasteiger partial charge in [-0.05, 0) is 56.2 Å². The lowest BCUT2D eigenvalue weighted by Gasteiger charge is -2.32. The number of benzene rings is 2. The highest BCUT2D eigenvalue weighted by Crippen LogP contribution is 2.36. The number of carbonyl (C=O) groups excluding carboxylic acids is 2. The predicted octanol–water partition coefficient (Wildman–Crippen LogP) is 4.78. The Labute approximate surface area is 233 Å². The number of tetrazole rings is 1. The number of aryl methyl sites for hydroxylation is 2. The molecule has 40 heavy (non-hydrogen) atoms. The Balaban J connectivity index is 1.51. The summed E-state index contributed by atoms with van der Waals surface area (Å²) in [6.07, 6.45) is 5.10. The van der Waals surface area contributed by atoms with Crippen LogP contribution in [0, 0.1) is 13.8 Å². The summed E-state index contributed by atoms with van der Waals surface area (Å²) >= 11 is 0. The number of para-hydroxylation sites is 2. The molecule has 208 valence electrons. The van der Waals surface area contributed by atoms with Gasteiger partial charge in [0.2, 0.25) is 5.82 Å². The summed E-state index contributed by atoms with van der Waals surface area (Å²) in [5.74, 6) is 1.12. The van der Waals surface area contributed by atoms with Crippen LogP contribution in [0.5, 0.6) is 5.75 Å². The number of hydrogen-bond donors (Lipinski definition) is 1. The van der Waals surface area contributed by atoms with Crippen LogP contribution in [0.2, 0.25) is 0 Å². The highest BCUT2D eigenvalue weighted by Gasteiger charge is 2.37. The first-order valence-corrected chi connectivity index (χ1v) is 13.6. The third-order valence-electron chi connectivity index (χ3n) is 7.14. The highest BCUT2D eigenvalue weighted by atomic mass is 16.5. The van der Waals surface area contributed by atoms with E-state index in [1.807, 2.05) is 37.3 Å². The summed E-state index contributed by atoms with van der Waals surface area (Å²) in [4.78, 5) is 30.7. The van der Waals surface area contributed by atoms with Crippen LogP contribution in [0.15, 0.2) is 65.1 Å². The van der Waals surface area contributed by atoms with Gasteiger partial charge < -0.3 is 14.5 Å². The molecule has 0 bridgehead atoms. The van der Waals surface area contributed by atoms with E-state index in [-0.39, 0.29) is 18.5 Å². The quantitative estimate of drug-likeness (QED) is 0.324.